The molecule has 1 rings (SSSR count). The molecule has 18 heavy (non-hydrogen) atoms. The third-order valence-corrected chi connectivity index (χ3v) is 2.00. The smallest absolute Gasteiger partial charge is 0.332 e. The lowest BCUT2D eigenvalue weighted by molar-refractivity contribution is -0.135. The number of nitrogens with zero attached hydrogens (tertiary/aromatic N) is 1. The van der Waals surface area contributed by atoms with E-state index in [9.17, 15) is 4.79 Å². The monoisotopic (exact) mass is 249 g/mol. The molecule has 0 bridgehead atoms. The van der Waals surface area contributed by atoms with Gasteiger partial charge in [0.1, 0.15) is 6.61 Å². The molecule has 0 amide bonds. The minimum absolute atomic E-state index is 0.242. The highest BCUT2D eigenvalue weighted by Crippen LogP contribution is 2.03. The highest BCUT2D eigenvalue weighted by Gasteiger charge is 2.04. The first-order valence-corrected chi connectivity index (χ1v) is 5.19. The van der Waals surface area contributed by atoms with E-state index in [1.54, 1.807) is 0 Å². The van der Waals surface area contributed by atoms with Gasteiger partial charge < -0.3 is 10.5 Å². The zero-order valence-corrected chi connectivity index (χ0v) is 10.00. The lowest BCUT2D eigenvalue weighted by atomic mass is 10.2. The summed E-state index contributed by atoms with van der Waals surface area (Å²) in [7, 11) is 1.26. The van der Waals surface area contributed by atoms with Crippen LogP contribution in [0.5, 0.6) is 0 Å². The Kier molecular flexibility index (Phi) is 5.40. The Bertz CT molecular complexity index is 431. The largest absolute Gasteiger partial charge is 0.466 e. The maximum atomic E-state index is 10.9. The zero-order chi connectivity index (χ0) is 13.4. The van der Waals surface area contributed by atoms with E-state index in [0.29, 0.717) is 0 Å². The number of hydroxylamine groups is 2. The minimum Gasteiger partial charge on any atom is -0.466 e. The van der Waals surface area contributed by atoms with E-state index in [0.717, 1.165) is 16.7 Å². The maximum Gasteiger partial charge on any atom is 0.332 e. The molecule has 96 valence electrons. The lowest BCUT2D eigenvalue weighted by Crippen LogP contribution is -2.32. The molecule has 0 unspecified atom stereocenters. The topological polar surface area (TPSA) is 88.6 Å². The number of rotatable bonds is 5. The molecule has 0 atom stereocenters. The summed E-state index contributed by atoms with van der Waals surface area (Å²) in [5.74, 6) is -0.879. The van der Waals surface area contributed by atoms with Gasteiger partial charge in [0.2, 0.25) is 5.96 Å². The van der Waals surface area contributed by atoms with Gasteiger partial charge in [-0.2, -0.15) is 5.06 Å². The van der Waals surface area contributed by atoms with E-state index in [-0.39, 0.29) is 12.6 Å². The molecule has 0 aliphatic heterocycles. The molecule has 0 radical (unpaired) electrons. The quantitative estimate of drug-likeness (QED) is 0.267. The summed E-state index contributed by atoms with van der Waals surface area (Å²) in [6, 6.07) is 9.40. The van der Waals surface area contributed by atoms with E-state index < -0.39 is 5.97 Å². The minimum atomic E-state index is -0.551. The van der Waals surface area contributed by atoms with Gasteiger partial charge in [-0.05, 0) is 5.56 Å². The standard InChI is InChI=1S/C12H15N3O3/c1-17-11(16)7-8-15(12(13)14)18-9-10-5-3-2-4-6-10/h2-8H,9H2,1H3,(H3,13,14)/b8-7+. The average molecular weight is 249 g/mol. The molecule has 0 heterocycles. The van der Waals surface area contributed by atoms with E-state index in [2.05, 4.69) is 4.74 Å². The highest BCUT2D eigenvalue weighted by molar-refractivity contribution is 5.83. The van der Waals surface area contributed by atoms with Crippen molar-refractivity contribution in [2.24, 2.45) is 5.73 Å². The van der Waals surface area contributed by atoms with Crippen LogP contribution in [0.25, 0.3) is 0 Å². The Morgan fingerprint density at radius 1 is 1.44 bits per heavy atom. The molecule has 0 fully saturated rings. The maximum absolute atomic E-state index is 10.9. The first-order chi connectivity index (χ1) is 8.63. The first-order valence-electron chi connectivity index (χ1n) is 5.19. The third kappa shape index (κ3) is 4.67. The van der Waals surface area contributed by atoms with Gasteiger partial charge in [-0.1, -0.05) is 30.3 Å². The molecular formula is C12H15N3O3. The molecule has 0 aromatic heterocycles. The normalized spacial score (nSPS) is 10.3. The molecule has 3 N–H and O–H groups in total. The summed E-state index contributed by atoms with van der Waals surface area (Å²) in [4.78, 5) is 16.2. The van der Waals surface area contributed by atoms with E-state index in [1.807, 2.05) is 30.3 Å². The van der Waals surface area contributed by atoms with Gasteiger partial charge in [-0.3, -0.25) is 10.2 Å². The van der Waals surface area contributed by atoms with Gasteiger partial charge in [0.15, 0.2) is 0 Å². The number of esters is 1. The number of ether oxygens (including phenoxy) is 1. The van der Waals surface area contributed by atoms with E-state index in [1.165, 1.54) is 13.3 Å². The number of hydrogen-bond acceptors (Lipinski definition) is 4. The van der Waals surface area contributed by atoms with Gasteiger partial charge in [-0.25, -0.2) is 4.79 Å². The fraction of sp³-hybridized carbons (Fsp3) is 0.167. The highest BCUT2D eigenvalue weighted by atomic mass is 16.7. The van der Waals surface area contributed by atoms with Crippen molar-refractivity contribution < 1.29 is 14.4 Å². The molecule has 0 saturated carbocycles. The van der Waals surface area contributed by atoms with Crippen molar-refractivity contribution in [3.8, 4) is 0 Å². The predicted molar refractivity (Wildman–Crippen MR) is 66.1 cm³/mol. The predicted octanol–water partition coefficient (Wildman–Crippen LogP) is 1.00. The summed E-state index contributed by atoms with van der Waals surface area (Å²) < 4.78 is 4.42. The number of hydrogen-bond donors (Lipinski definition) is 2. The van der Waals surface area contributed by atoms with E-state index >= 15 is 0 Å². The summed E-state index contributed by atoms with van der Waals surface area (Å²) in [6.45, 7) is 0.242. The Labute approximate surface area is 105 Å². The molecule has 1 aromatic rings. The van der Waals surface area contributed by atoms with Gasteiger partial charge in [0.05, 0.1) is 7.11 Å². The second-order valence-corrected chi connectivity index (χ2v) is 3.31. The van der Waals surface area contributed by atoms with Gasteiger partial charge in [0.25, 0.3) is 0 Å². The Balaban J connectivity index is 2.56. The first kappa shape index (κ1) is 13.7. The van der Waals surface area contributed by atoms with Crippen LogP contribution in [0.4, 0.5) is 0 Å². The van der Waals surface area contributed by atoms with Gasteiger partial charge in [0, 0.05) is 12.3 Å². The summed E-state index contributed by atoms with van der Waals surface area (Å²) in [5.41, 5.74) is 6.24. The van der Waals surface area contributed by atoms with Crippen LogP contribution in [0.15, 0.2) is 42.6 Å². The number of carbonyl (C=O) groups is 1. The van der Waals surface area contributed by atoms with Crippen molar-refractivity contribution in [3.63, 3.8) is 0 Å². The molecule has 6 nitrogen and oxygen atoms in total. The second kappa shape index (κ2) is 7.08. The third-order valence-electron chi connectivity index (χ3n) is 2.00. The fourth-order valence-corrected chi connectivity index (χ4v) is 1.11. The molecule has 0 saturated heterocycles. The molecule has 0 aliphatic carbocycles. The van der Waals surface area contributed by atoms with Gasteiger partial charge >= 0.3 is 5.97 Å². The number of carbonyl (C=O) groups excluding carboxylic acids is 1. The lowest BCUT2D eigenvalue weighted by Gasteiger charge is -2.17. The Morgan fingerprint density at radius 2 is 2.11 bits per heavy atom. The van der Waals surface area contributed by atoms with Crippen molar-refractivity contribution in [3.05, 3.63) is 48.2 Å². The van der Waals surface area contributed by atoms with Crippen LogP contribution in [-0.2, 0) is 21.0 Å². The molecule has 0 aliphatic rings. The van der Waals surface area contributed by atoms with Crippen molar-refractivity contribution in [1.29, 1.82) is 5.41 Å². The van der Waals surface area contributed by atoms with Crippen molar-refractivity contribution in [2.45, 2.75) is 6.61 Å². The van der Waals surface area contributed by atoms with Crippen LogP contribution in [0.2, 0.25) is 0 Å². The average Bonchev–Trinajstić information content (AvgIpc) is 2.39. The molecular weight excluding hydrogens is 234 g/mol. The molecule has 6 heteroatoms. The SMILES string of the molecule is COC(=O)/C=C/N(OCc1ccccc1)C(=N)N. The Morgan fingerprint density at radius 3 is 2.67 bits per heavy atom. The van der Waals surface area contributed by atoms with Crippen LogP contribution >= 0.6 is 0 Å². The number of nitrogens with two attached hydrogens (primary N) is 1. The van der Waals surface area contributed by atoms with Crippen molar-refractivity contribution >= 4 is 11.9 Å². The van der Waals surface area contributed by atoms with E-state index in [4.69, 9.17) is 16.0 Å². The number of guanidine groups is 1. The van der Waals surface area contributed by atoms with Gasteiger partial charge in [-0.15, -0.1) is 0 Å². The second-order valence-electron chi connectivity index (χ2n) is 3.31. The number of nitrogens with one attached hydrogen (secondary N) is 1. The fourth-order valence-electron chi connectivity index (χ4n) is 1.11. The van der Waals surface area contributed by atoms with Crippen LogP contribution in [0.3, 0.4) is 0 Å². The summed E-state index contributed by atoms with van der Waals surface area (Å²) in [6.07, 6.45) is 2.35. The molecule has 1 aromatic carbocycles. The summed E-state index contributed by atoms with van der Waals surface area (Å²) in [5, 5.41) is 8.28. The van der Waals surface area contributed by atoms with Crippen LogP contribution in [0, 0.1) is 5.41 Å². The van der Waals surface area contributed by atoms with Crippen LogP contribution < -0.4 is 5.73 Å². The van der Waals surface area contributed by atoms with Crippen molar-refractivity contribution in [1.82, 2.24) is 5.06 Å². The summed E-state index contributed by atoms with van der Waals surface area (Å²) >= 11 is 0. The van der Waals surface area contributed by atoms with Crippen LogP contribution in [0.1, 0.15) is 5.56 Å². The van der Waals surface area contributed by atoms with Crippen LogP contribution in [-0.4, -0.2) is 24.1 Å². The van der Waals surface area contributed by atoms with Crippen molar-refractivity contribution in [2.75, 3.05) is 7.11 Å². The zero-order valence-electron chi connectivity index (χ0n) is 10.00. The number of benzene rings is 1. The Hall–Kier alpha value is -2.34. The molecule has 0 spiro atoms. The number of methoxy groups -OCH3 is 1.